The predicted molar refractivity (Wildman–Crippen MR) is 133 cm³/mol. The lowest BCUT2D eigenvalue weighted by molar-refractivity contribution is -0.155. The molecule has 0 saturated heterocycles. The highest BCUT2D eigenvalue weighted by atomic mass is 16.5. The van der Waals surface area contributed by atoms with E-state index in [1.165, 1.54) is 22.3 Å². The van der Waals surface area contributed by atoms with Crippen molar-refractivity contribution >= 4 is 5.97 Å². The minimum absolute atomic E-state index is 0.0276. The molecule has 0 saturated carbocycles. The molecule has 0 rings (SSSR count). The summed E-state index contributed by atoms with van der Waals surface area (Å²) in [5.41, 5.74) is 5.01. The lowest BCUT2D eigenvalue weighted by Crippen LogP contribution is -2.32. The van der Waals surface area contributed by atoms with E-state index in [9.17, 15) is 4.79 Å². The van der Waals surface area contributed by atoms with Gasteiger partial charge < -0.3 is 4.74 Å². The minimum atomic E-state index is -0.443. The molecular weight excluding hydrogens is 368 g/mol. The summed E-state index contributed by atoms with van der Waals surface area (Å²) >= 11 is 0. The first-order valence-corrected chi connectivity index (χ1v) is 11.9. The number of hydrogen-bond acceptors (Lipinski definition) is 2. The van der Waals surface area contributed by atoms with Crippen molar-refractivity contribution < 1.29 is 9.53 Å². The van der Waals surface area contributed by atoms with Crippen LogP contribution in [-0.4, -0.2) is 12.6 Å². The summed E-state index contributed by atoms with van der Waals surface area (Å²) in [5.74, 6) is -0.0276. The molecule has 172 valence electrons. The van der Waals surface area contributed by atoms with E-state index < -0.39 is 5.41 Å². The molecule has 0 unspecified atom stereocenters. The van der Waals surface area contributed by atoms with E-state index in [1.54, 1.807) is 0 Å². The number of allylic oxidation sites excluding steroid dienone is 8. The molecule has 0 atom stereocenters. The number of rotatable bonds is 15. The Labute approximate surface area is 187 Å². The molecule has 0 aliphatic rings. The standard InChI is InChI=1S/C28H48O2/c1-9-11-20-28(27(29)30-10-2,21-18-25(7)16-12-14-23(3)4)22-19-26(8)17-13-15-24(5)6/h14-15,18-19H,9-13,16-17,20-22H2,1-8H3. The number of ether oxygens (including phenoxy) is 1. The molecule has 0 amide bonds. The summed E-state index contributed by atoms with van der Waals surface area (Å²) in [5, 5.41) is 0. The van der Waals surface area contributed by atoms with Gasteiger partial charge in [-0.3, -0.25) is 4.79 Å². The molecule has 0 aromatic heterocycles. The van der Waals surface area contributed by atoms with E-state index in [-0.39, 0.29) is 5.97 Å². The molecule has 30 heavy (non-hydrogen) atoms. The second-order valence-electron chi connectivity index (χ2n) is 9.25. The lowest BCUT2D eigenvalue weighted by atomic mass is 9.75. The largest absolute Gasteiger partial charge is 0.466 e. The summed E-state index contributed by atoms with van der Waals surface area (Å²) in [4.78, 5) is 13.1. The second-order valence-corrected chi connectivity index (χ2v) is 9.25. The minimum Gasteiger partial charge on any atom is -0.466 e. The van der Waals surface area contributed by atoms with E-state index >= 15 is 0 Å². The number of hydrogen-bond donors (Lipinski definition) is 0. The molecule has 0 N–H and O–H groups in total. The van der Waals surface area contributed by atoms with Gasteiger partial charge >= 0.3 is 5.97 Å². The third-order valence-electron chi connectivity index (χ3n) is 5.58. The fourth-order valence-corrected chi connectivity index (χ4v) is 3.48. The van der Waals surface area contributed by atoms with E-state index in [0.29, 0.717) is 6.61 Å². The Morgan fingerprint density at radius 1 is 0.767 bits per heavy atom. The third kappa shape index (κ3) is 12.9. The van der Waals surface area contributed by atoms with Crippen LogP contribution in [0, 0.1) is 5.41 Å². The van der Waals surface area contributed by atoms with Gasteiger partial charge in [-0.2, -0.15) is 0 Å². The average Bonchev–Trinajstić information content (AvgIpc) is 2.67. The predicted octanol–water partition coefficient (Wildman–Crippen LogP) is 8.89. The topological polar surface area (TPSA) is 26.3 Å². The Bertz CT molecular complexity index is 569. The van der Waals surface area contributed by atoms with Crippen LogP contribution in [0.5, 0.6) is 0 Å². The van der Waals surface area contributed by atoms with Gasteiger partial charge in [0.15, 0.2) is 0 Å². The van der Waals surface area contributed by atoms with Crippen molar-refractivity contribution in [2.24, 2.45) is 5.41 Å². The summed E-state index contributed by atoms with van der Waals surface area (Å²) < 4.78 is 5.58. The van der Waals surface area contributed by atoms with Crippen LogP contribution in [0.4, 0.5) is 0 Å². The molecule has 0 fully saturated rings. The molecule has 0 radical (unpaired) electrons. The van der Waals surface area contributed by atoms with Crippen molar-refractivity contribution in [3.05, 3.63) is 46.6 Å². The fraction of sp³-hybridized carbons (Fsp3) is 0.679. The van der Waals surface area contributed by atoms with Gasteiger partial charge in [-0.15, -0.1) is 0 Å². The lowest BCUT2D eigenvalue weighted by Gasteiger charge is -2.30. The second kappa shape index (κ2) is 16.2. The molecule has 0 heterocycles. The van der Waals surface area contributed by atoms with Crippen LogP contribution in [0.2, 0.25) is 0 Å². The van der Waals surface area contributed by atoms with E-state index in [1.807, 2.05) is 6.92 Å². The van der Waals surface area contributed by atoms with Crippen LogP contribution in [0.1, 0.15) is 113 Å². The van der Waals surface area contributed by atoms with Crippen molar-refractivity contribution in [3.63, 3.8) is 0 Å². The van der Waals surface area contributed by atoms with Gasteiger partial charge in [0.05, 0.1) is 12.0 Å². The molecular formula is C28H48O2. The van der Waals surface area contributed by atoms with Gasteiger partial charge in [-0.25, -0.2) is 0 Å². The summed E-state index contributed by atoms with van der Waals surface area (Å²) in [6, 6.07) is 0. The zero-order chi connectivity index (χ0) is 23.0. The van der Waals surface area contributed by atoms with Crippen LogP contribution >= 0.6 is 0 Å². The molecule has 0 aromatic rings. The highest BCUT2D eigenvalue weighted by Gasteiger charge is 2.37. The van der Waals surface area contributed by atoms with Gasteiger partial charge in [-0.05, 0) is 93.4 Å². The molecule has 0 spiro atoms. The number of unbranched alkanes of at least 4 members (excludes halogenated alkanes) is 1. The highest BCUT2D eigenvalue weighted by molar-refractivity contribution is 5.77. The monoisotopic (exact) mass is 416 g/mol. The first-order chi connectivity index (χ1) is 14.2. The normalized spacial score (nSPS) is 14.1. The van der Waals surface area contributed by atoms with E-state index in [0.717, 1.165) is 57.8 Å². The van der Waals surface area contributed by atoms with Crippen molar-refractivity contribution in [1.82, 2.24) is 0 Å². The van der Waals surface area contributed by atoms with Crippen LogP contribution in [-0.2, 0) is 9.53 Å². The smallest absolute Gasteiger partial charge is 0.312 e. The summed E-state index contributed by atoms with van der Waals surface area (Å²) in [6.45, 7) is 17.5. The zero-order valence-electron chi connectivity index (χ0n) is 21.2. The molecule has 0 aliphatic heterocycles. The van der Waals surface area contributed by atoms with Gasteiger partial charge in [0.2, 0.25) is 0 Å². The third-order valence-corrected chi connectivity index (χ3v) is 5.58. The van der Waals surface area contributed by atoms with Crippen LogP contribution in [0.25, 0.3) is 0 Å². The van der Waals surface area contributed by atoms with Crippen molar-refractivity contribution in [2.75, 3.05) is 6.61 Å². The van der Waals surface area contributed by atoms with Gasteiger partial charge in [0.25, 0.3) is 0 Å². The fourth-order valence-electron chi connectivity index (χ4n) is 3.48. The Morgan fingerprint density at radius 2 is 1.23 bits per heavy atom. The van der Waals surface area contributed by atoms with Crippen molar-refractivity contribution in [1.29, 1.82) is 0 Å². The van der Waals surface area contributed by atoms with E-state index in [4.69, 9.17) is 4.74 Å². The number of carbonyl (C=O) groups is 1. The average molecular weight is 417 g/mol. The Hall–Kier alpha value is -1.57. The Morgan fingerprint density at radius 3 is 1.60 bits per heavy atom. The Kier molecular flexibility index (Phi) is 15.3. The zero-order valence-corrected chi connectivity index (χ0v) is 21.2. The SMILES string of the molecule is CCCCC(CC=C(C)CCC=C(C)C)(CC=C(C)CCC=C(C)C)C(=O)OCC. The quantitative estimate of drug-likeness (QED) is 0.197. The molecule has 2 heteroatoms. The maximum absolute atomic E-state index is 13.1. The number of esters is 1. The maximum Gasteiger partial charge on any atom is 0.312 e. The van der Waals surface area contributed by atoms with Gasteiger partial charge in [-0.1, -0.05) is 66.4 Å². The van der Waals surface area contributed by atoms with Crippen molar-refractivity contribution in [2.45, 2.75) is 113 Å². The van der Waals surface area contributed by atoms with Crippen LogP contribution < -0.4 is 0 Å². The first kappa shape index (κ1) is 28.4. The first-order valence-electron chi connectivity index (χ1n) is 11.9. The Balaban J connectivity index is 5.50. The highest BCUT2D eigenvalue weighted by Crippen LogP contribution is 2.37. The summed E-state index contributed by atoms with van der Waals surface area (Å²) in [7, 11) is 0. The van der Waals surface area contributed by atoms with Crippen LogP contribution in [0.3, 0.4) is 0 Å². The molecule has 2 nitrogen and oxygen atoms in total. The van der Waals surface area contributed by atoms with E-state index in [2.05, 4.69) is 72.8 Å². The van der Waals surface area contributed by atoms with Gasteiger partial charge in [0.1, 0.15) is 0 Å². The molecule has 0 bridgehead atoms. The number of carbonyl (C=O) groups excluding carboxylic acids is 1. The van der Waals surface area contributed by atoms with Gasteiger partial charge in [0, 0.05) is 0 Å². The summed E-state index contributed by atoms with van der Waals surface area (Å²) in [6.07, 6.45) is 17.9. The van der Waals surface area contributed by atoms with Crippen LogP contribution in [0.15, 0.2) is 46.6 Å². The molecule has 0 aliphatic carbocycles. The van der Waals surface area contributed by atoms with Crippen molar-refractivity contribution in [3.8, 4) is 0 Å². The molecule has 0 aromatic carbocycles. The maximum atomic E-state index is 13.1.